The summed E-state index contributed by atoms with van der Waals surface area (Å²) in [6, 6.07) is 0. The van der Waals surface area contributed by atoms with Crippen molar-refractivity contribution in [1.29, 1.82) is 0 Å². The van der Waals surface area contributed by atoms with Gasteiger partial charge < -0.3 is 19.4 Å². The fourth-order valence-electron chi connectivity index (χ4n) is 2.44. The molecule has 2 aromatic rings. The van der Waals surface area contributed by atoms with Crippen molar-refractivity contribution >= 4 is 11.9 Å². The summed E-state index contributed by atoms with van der Waals surface area (Å²) in [5.41, 5.74) is 0. The molecule has 0 saturated carbocycles. The first kappa shape index (κ1) is 20.2. The molecule has 1 fully saturated rings. The molecule has 0 bridgehead atoms. The lowest BCUT2D eigenvalue weighted by atomic mass is 9.96. The van der Waals surface area contributed by atoms with Crippen LogP contribution >= 0.6 is 0 Å². The van der Waals surface area contributed by atoms with Gasteiger partial charge in [0, 0.05) is 31.4 Å². The number of H-pyrrole nitrogens is 2. The summed E-state index contributed by atoms with van der Waals surface area (Å²) in [5.74, 6) is -2.02. The number of carbonyl (C=O) groups is 2. The Morgan fingerprint density at radius 3 is 2.41 bits per heavy atom. The predicted octanol–water partition coefficient (Wildman–Crippen LogP) is 0.668. The van der Waals surface area contributed by atoms with Crippen LogP contribution < -0.4 is 5.76 Å². The number of carbonyl (C=O) groups excluding carboxylic acids is 1. The third-order valence-electron chi connectivity index (χ3n) is 3.77. The van der Waals surface area contributed by atoms with Gasteiger partial charge in [-0.05, 0) is 12.8 Å². The van der Waals surface area contributed by atoms with Crippen LogP contribution in [0.5, 0.6) is 0 Å². The summed E-state index contributed by atoms with van der Waals surface area (Å²) >= 11 is 0. The van der Waals surface area contributed by atoms with Gasteiger partial charge in [0.1, 0.15) is 5.82 Å². The van der Waals surface area contributed by atoms with E-state index in [2.05, 4.69) is 20.2 Å². The number of carboxylic acids is 1. The van der Waals surface area contributed by atoms with E-state index in [0.717, 1.165) is 12.8 Å². The third-order valence-corrected chi connectivity index (χ3v) is 3.77. The lowest BCUT2D eigenvalue weighted by Gasteiger charge is -2.30. The molecule has 3 heterocycles. The van der Waals surface area contributed by atoms with E-state index in [1.165, 1.54) is 0 Å². The molecule has 3 rings (SSSR count). The Hall–Kier alpha value is -3.12. The molecule has 1 amide bonds. The van der Waals surface area contributed by atoms with Crippen molar-refractivity contribution < 1.29 is 32.3 Å². The fraction of sp³-hybridized carbons (Fsp3) is 0.500. The van der Waals surface area contributed by atoms with Crippen molar-refractivity contribution in [3.05, 3.63) is 34.7 Å². The van der Waals surface area contributed by atoms with E-state index in [9.17, 15) is 22.8 Å². The number of hydrogen-bond donors (Lipinski definition) is 3. The summed E-state index contributed by atoms with van der Waals surface area (Å²) in [6.45, 7) is 1.28. The Morgan fingerprint density at radius 2 is 1.96 bits per heavy atom. The lowest BCUT2D eigenvalue weighted by Crippen LogP contribution is -2.39. The van der Waals surface area contributed by atoms with Gasteiger partial charge in [-0.3, -0.25) is 4.79 Å². The zero-order valence-corrected chi connectivity index (χ0v) is 13.8. The molecule has 27 heavy (non-hydrogen) atoms. The highest BCUT2D eigenvalue weighted by atomic mass is 19.4. The first-order valence-corrected chi connectivity index (χ1v) is 7.78. The van der Waals surface area contributed by atoms with Gasteiger partial charge in [-0.15, -0.1) is 5.10 Å². The van der Waals surface area contributed by atoms with Gasteiger partial charge in [0.05, 0.1) is 6.42 Å². The highest BCUT2D eigenvalue weighted by Crippen LogP contribution is 2.25. The highest BCUT2D eigenvalue weighted by molar-refractivity contribution is 5.78. The van der Waals surface area contributed by atoms with Crippen molar-refractivity contribution in [1.82, 2.24) is 25.1 Å². The summed E-state index contributed by atoms with van der Waals surface area (Å²) in [5, 5.41) is 13.2. The van der Waals surface area contributed by atoms with Crippen LogP contribution in [0.25, 0.3) is 0 Å². The Morgan fingerprint density at radius 1 is 1.33 bits per heavy atom. The van der Waals surface area contributed by atoms with E-state index in [4.69, 9.17) is 14.3 Å². The summed E-state index contributed by atoms with van der Waals surface area (Å²) in [6.07, 6.45) is 0.0351. The van der Waals surface area contributed by atoms with Crippen molar-refractivity contribution in [2.45, 2.75) is 31.4 Å². The van der Waals surface area contributed by atoms with E-state index in [1.54, 1.807) is 12.4 Å². The number of rotatable bonds is 3. The second kappa shape index (κ2) is 8.51. The molecule has 0 unspecified atom stereocenters. The number of aromatic nitrogens is 4. The molecule has 3 N–H and O–H groups in total. The molecule has 0 radical (unpaired) electrons. The molecule has 1 saturated heterocycles. The molecule has 1 aliphatic rings. The number of aromatic amines is 2. The highest BCUT2D eigenvalue weighted by Gasteiger charge is 2.38. The van der Waals surface area contributed by atoms with Crippen LogP contribution in [0.4, 0.5) is 13.2 Å². The van der Waals surface area contributed by atoms with E-state index < -0.39 is 17.9 Å². The van der Waals surface area contributed by atoms with Crippen LogP contribution in [-0.2, 0) is 16.0 Å². The van der Waals surface area contributed by atoms with E-state index in [1.807, 2.05) is 4.90 Å². The van der Waals surface area contributed by atoms with Gasteiger partial charge in [0.2, 0.25) is 11.8 Å². The number of nitrogens with one attached hydrogen (secondary N) is 2. The smallest absolute Gasteiger partial charge is 0.475 e. The summed E-state index contributed by atoms with van der Waals surface area (Å²) in [4.78, 5) is 40.7. The third kappa shape index (κ3) is 5.97. The number of nitrogens with zero attached hydrogens (tertiary/aromatic N) is 3. The van der Waals surface area contributed by atoms with Crippen LogP contribution in [-0.4, -0.2) is 61.3 Å². The van der Waals surface area contributed by atoms with Gasteiger partial charge in [-0.2, -0.15) is 13.2 Å². The molecule has 13 heteroatoms. The van der Waals surface area contributed by atoms with Gasteiger partial charge >= 0.3 is 17.9 Å². The lowest BCUT2D eigenvalue weighted by molar-refractivity contribution is -0.192. The van der Waals surface area contributed by atoms with Gasteiger partial charge in [0.15, 0.2) is 0 Å². The van der Waals surface area contributed by atoms with Gasteiger partial charge in [-0.1, -0.05) is 0 Å². The van der Waals surface area contributed by atoms with Gasteiger partial charge in [0.25, 0.3) is 0 Å². The summed E-state index contributed by atoms with van der Waals surface area (Å²) in [7, 11) is 0. The number of aliphatic carboxylic acids is 1. The standard InChI is InChI=1S/C12H15N5O3.C2HF3O2/c18-10(7-9-13-3-4-14-9)17-5-1-8(2-6-17)11-15-16-12(19)20-11;3-2(4,5)1(6)7/h3-4,8H,1-2,5-7H2,(H,13,14)(H,16,19);(H,6,7). The number of likely N-dealkylation sites (tertiary alicyclic amines) is 1. The maximum atomic E-state index is 12.1. The van der Waals surface area contributed by atoms with Crippen LogP contribution in [0, 0.1) is 0 Å². The SMILES string of the molecule is O=C(Cc1ncc[nH]1)N1CCC(c2n[nH]c(=O)o2)CC1.O=C(O)C(F)(F)F. The number of imidazole rings is 1. The number of carboxylic acid groups (broad SMARTS) is 1. The Labute approximate surface area is 149 Å². The molecular weight excluding hydrogens is 375 g/mol. The first-order valence-electron chi connectivity index (χ1n) is 7.78. The largest absolute Gasteiger partial charge is 0.490 e. The minimum Gasteiger partial charge on any atom is -0.475 e. The van der Waals surface area contributed by atoms with Crippen LogP contribution in [0.2, 0.25) is 0 Å². The minimum absolute atomic E-state index is 0.0573. The topological polar surface area (TPSA) is 145 Å². The zero-order valence-electron chi connectivity index (χ0n) is 13.8. The Balaban J connectivity index is 0.000000321. The number of halogens is 3. The molecule has 10 nitrogen and oxygen atoms in total. The Kier molecular flexibility index (Phi) is 6.36. The normalized spacial score (nSPS) is 15.1. The van der Waals surface area contributed by atoms with Crippen molar-refractivity contribution in [3.63, 3.8) is 0 Å². The first-order chi connectivity index (χ1) is 12.7. The number of alkyl halides is 3. The molecular formula is C14H16F3N5O5. The zero-order chi connectivity index (χ0) is 20.0. The monoisotopic (exact) mass is 391 g/mol. The number of amides is 1. The fourth-order valence-corrected chi connectivity index (χ4v) is 2.44. The minimum atomic E-state index is -5.08. The summed E-state index contributed by atoms with van der Waals surface area (Å²) < 4.78 is 36.7. The maximum Gasteiger partial charge on any atom is 0.490 e. The number of hydrogen-bond acceptors (Lipinski definition) is 6. The van der Waals surface area contributed by atoms with E-state index >= 15 is 0 Å². The quantitative estimate of drug-likeness (QED) is 0.697. The second-order valence-corrected chi connectivity index (χ2v) is 5.62. The van der Waals surface area contributed by atoms with Crippen LogP contribution in [0.1, 0.15) is 30.5 Å². The molecule has 2 aromatic heterocycles. The van der Waals surface area contributed by atoms with Gasteiger partial charge in [-0.25, -0.2) is 19.7 Å². The van der Waals surface area contributed by atoms with Crippen molar-refractivity contribution in [2.75, 3.05) is 13.1 Å². The van der Waals surface area contributed by atoms with E-state index in [-0.39, 0.29) is 18.2 Å². The molecule has 1 aliphatic heterocycles. The predicted molar refractivity (Wildman–Crippen MR) is 81.7 cm³/mol. The van der Waals surface area contributed by atoms with Crippen LogP contribution in [0.3, 0.4) is 0 Å². The molecule has 148 valence electrons. The Bertz CT molecular complexity index is 806. The molecule has 0 spiro atoms. The van der Waals surface area contributed by atoms with Crippen LogP contribution in [0.15, 0.2) is 21.6 Å². The van der Waals surface area contributed by atoms with Crippen molar-refractivity contribution in [3.8, 4) is 0 Å². The van der Waals surface area contributed by atoms with E-state index in [0.29, 0.717) is 24.8 Å². The average Bonchev–Trinajstić information content (AvgIpc) is 3.26. The second-order valence-electron chi connectivity index (χ2n) is 5.62. The molecule has 0 atom stereocenters. The molecule has 0 aromatic carbocycles. The average molecular weight is 391 g/mol. The molecule has 0 aliphatic carbocycles. The van der Waals surface area contributed by atoms with Crippen molar-refractivity contribution in [2.24, 2.45) is 0 Å². The maximum absolute atomic E-state index is 12.1. The number of piperidine rings is 1.